The van der Waals surface area contributed by atoms with Crippen molar-refractivity contribution in [2.45, 2.75) is 13.1 Å². The Kier molecular flexibility index (Phi) is 3.80. The lowest BCUT2D eigenvalue weighted by molar-refractivity contribution is -0.141. The lowest BCUT2D eigenvalue weighted by atomic mass is 10.2. The number of carbonyl (C=O) groups is 1. The van der Waals surface area contributed by atoms with Crippen molar-refractivity contribution in [1.29, 1.82) is 0 Å². The number of halogens is 4. The summed E-state index contributed by atoms with van der Waals surface area (Å²) in [5, 5.41) is 0.125. The van der Waals surface area contributed by atoms with Gasteiger partial charge in [0, 0.05) is 11.6 Å². The number of rotatable bonds is 2. The van der Waals surface area contributed by atoms with E-state index < -0.39 is 17.8 Å². The van der Waals surface area contributed by atoms with E-state index in [1.54, 1.807) is 6.92 Å². The summed E-state index contributed by atoms with van der Waals surface area (Å²) in [6, 6.07) is 1.91. The number of aromatic nitrogens is 2. The predicted octanol–water partition coefficient (Wildman–Crippen LogP) is 3.48. The van der Waals surface area contributed by atoms with E-state index in [2.05, 4.69) is 9.97 Å². The molecule has 2 heterocycles. The van der Waals surface area contributed by atoms with Crippen molar-refractivity contribution in [2.24, 2.45) is 0 Å². The Labute approximate surface area is 116 Å². The second-order valence-corrected chi connectivity index (χ2v) is 4.15. The molecule has 0 saturated heterocycles. The zero-order valence-corrected chi connectivity index (χ0v) is 10.9. The Hall–Kier alpha value is -1.89. The Morgan fingerprint density at radius 2 is 2.10 bits per heavy atom. The summed E-state index contributed by atoms with van der Waals surface area (Å²) in [6.45, 7) is 1.77. The Bertz CT molecular complexity index is 674. The molecule has 0 aliphatic heterocycles. The topological polar surface area (TPSA) is 52.1 Å². The summed E-state index contributed by atoms with van der Waals surface area (Å²) in [4.78, 5) is 18.7. The third-order valence-corrected chi connectivity index (χ3v) is 2.86. The summed E-state index contributed by atoms with van der Waals surface area (Å²) in [6.07, 6.45) is -3.52. The molecule has 2 aromatic rings. The molecule has 0 fully saturated rings. The second kappa shape index (κ2) is 5.24. The SMILES string of the molecule is CCOC(=O)c1cnc2nc(C(F)(F)F)ccc2c1Cl. The van der Waals surface area contributed by atoms with E-state index in [1.165, 1.54) is 0 Å². The minimum absolute atomic E-state index is 0.0115. The first-order chi connectivity index (χ1) is 9.34. The molecule has 20 heavy (non-hydrogen) atoms. The van der Waals surface area contributed by atoms with E-state index in [0.29, 0.717) is 0 Å². The van der Waals surface area contributed by atoms with E-state index in [-0.39, 0.29) is 28.2 Å². The van der Waals surface area contributed by atoms with E-state index in [4.69, 9.17) is 16.3 Å². The zero-order chi connectivity index (χ0) is 14.9. The number of pyridine rings is 2. The summed E-state index contributed by atoms with van der Waals surface area (Å²) in [7, 11) is 0. The van der Waals surface area contributed by atoms with Crippen molar-refractivity contribution in [3.63, 3.8) is 0 Å². The van der Waals surface area contributed by atoms with Gasteiger partial charge in [0.05, 0.1) is 17.2 Å². The van der Waals surface area contributed by atoms with Gasteiger partial charge in [-0.15, -0.1) is 0 Å². The molecule has 0 radical (unpaired) electrons. The normalized spacial score (nSPS) is 11.7. The molecule has 4 nitrogen and oxygen atoms in total. The summed E-state index contributed by atoms with van der Waals surface area (Å²) < 4.78 is 42.4. The van der Waals surface area contributed by atoms with Crippen molar-refractivity contribution in [2.75, 3.05) is 6.61 Å². The molecule has 106 valence electrons. The highest BCUT2D eigenvalue weighted by Gasteiger charge is 2.33. The third-order valence-electron chi connectivity index (χ3n) is 2.45. The maximum Gasteiger partial charge on any atom is 0.433 e. The van der Waals surface area contributed by atoms with Gasteiger partial charge in [0.2, 0.25) is 0 Å². The molecule has 0 spiro atoms. The van der Waals surface area contributed by atoms with Crippen LogP contribution >= 0.6 is 11.6 Å². The number of alkyl halides is 3. The number of hydrogen-bond acceptors (Lipinski definition) is 4. The van der Waals surface area contributed by atoms with Crippen LogP contribution in [-0.2, 0) is 10.9 Å². The highest BCUT2D eigenvalue weighted by atomic mass is 35.5. The molecule has 0 saturated carbocycles. The van der Waals surface area contributed by atoms with Crippen LogP contribution in [0, 0.1) is 0 Å². The van der Waals surface area contributed by atoms with Crippen LogP contribution < -0.4 is 0 Å². The number of carbonyl (C=O) groups excluding carboxylic acids is 1. The van der Waals surface area contributed by atoms with Gasteiger partial charge < -0.3 is 4.74 Å². The fourth-order valence-corrected chi connectivity index (χ4v) is 1.83. The first-order valence-electron chi connectivity index (χ1n) is 5.54. The Morgan fingerprint density at radius 1 is 1.40 bits per heavy atom. The molecule has 0 unspecified atom stereocenters. The highest BCUT2D eigenvalue weighted by Crippen LogP contribution is 2.31. The Balaban J connectivity index is 2.55. The average Bonchev–Trinajstić information content (AvgIpc) is 2.38. The molecule has 0 atom stereocenters. The molecular formula is C12H8ClF3N2O2. The molecule has 2 aromatic heterocycles. The molecule has 8 heteroatoms. The van der Waals surface area contributed by atoms with E-state index in [0.717, 1.165) is 18.3 Å². The summed E-state index contributed by atoms with van der Waals surface area (Å²) in [5.41, 5.74) is -1.27. The maximum absolute atomic E-state index is 12.5. The van der Waals surface area contributed by atoms with Crippen LogP contribution in [0.4, 0.5) is 13.2 Å². The van der Waals surface area contributed by atoms with Gasteiger partial charge in [0.25, 0.3) is 0 Å². The quantitative estimate of drug-likeness (QED) is 0.797. The van der Waals surface area contributed by atoms with Gasteiger partial charge in [-0.25, -0.2) is 14.8 Å². The number of fused-ring (bicyclic) bond motifs is 1. The smallest absolute Gasteiger partial charge is 0.433 e. The van der Waals surface area contributed by atoms with Crippen LogP contribution in [0.1, 0.15) is 23.0 Å². The maximum atomic E-state index is 12.5. The van der Waals surface area contributed by atoms with Crippen LogP contribution in [-0.4, -0.2) is 22.5 Å². The lowest BCUT2D eigenvalue weighted by Gasteiger charge is -2.09. The molecule has 0 aliphatic carbocycles. The molecular weight excluding hydrogens is 297 g/mol. The van der Waals surface area contributed by atoms with Gasteiger partial charge >= 0.3 is 12.1 Å². The number of nitrogens with zero attached hydrogens (tertiary/aromatic N) is 2. The molecule has 0 aromatic carbocycles. The molecule has 0 aliphatic rings. The van der Waals surface area contributed by atoms with Crippen LogP contribution in [0.5, 0.6) is 0 Å². The summed E-state index contributed by atoms with van der Waals surface area (Å²) >= 11 is 5.98. The minimum Gasteiger partial charge on any atom is -0.462 e. The number of hydrogen-bond donors (Lipinski definition) is 0. The van der Waals surface area contributed by atoms with E-state index in [1.807, 2.05) is 0 Å². The number of ether oxygens (including phenoxy) is 1. The van der Waals surface area contributed by atoms with Crippen molar-refractivity contribution in [1.82, 2.24) is 9.97 Å². The average molecular weight is 305 g/mol. The third kappa shape index (κ3) is 2.67. The van der Waals surface area contributed by atoms with Gasteiger partial charge in [-0.05, 0) is 19.1 Å². The first kappa shape index (κ1) is 14.5. The zero-order valence-electron chi connectivity index (χ0n) is 10.2. The van der Waals surface area contributed by atoms with E-state index >= 15 is 0 Å². The standard InChI is InChI=1S/C12H8ClF3N2O2/c1-2-20-11(19)7-5-17-10-6(9(7)13)3-4-8(18-10)12(14,15)16/h3-5H,2H2,1H3. The van der Waals surface area contributed by atoms with Gasteiger partial charge in [0.15, 0.2) is 5.65 Å². The van der Waals surface area contributed by atoms with E-state index in [9.17, 15) is 18.0 Å². The molecule has 0 bridgehead atoms. The first-order valence-corrected chi connectivity index (χ1v) is 5.92. The molecule has 0 N–H and O–H groups in total. The van der Waals surface area contributed by atoms with Crippen molar-refractivity contribution in [3.8, 4) is 0 Å². The van der Waals surface area contributed by atoms with Crippen LogP contribution in [0.15, 0.2) is 18.3 Å². The minimum atomic E-state index is -4.57. The fourth-order valence-electron chi connectivity index (χ4n) is 1.55. The van der Waals surface area contributed by atoms with Crippen LogP contribution in [0.25, 0.3) is 11.0 Å². The molecule has 2 rings (SSSR count). The van der Waals surface area contributed by atoms with Crippen molar-refractivity contribution >= 4 is 28.6 Å². The largest absolute Gasteiger partial charge is 0.462 e. The van der Waals surface area contributed by atoms with Gasteiger partial charge in [-0.1, -0.05) is 11.6 Å². The van der Waals surface area contributed by atoms with Gasteiger partial charge in [-0.3, -0.25) is 0 Å². The van der Waals surface area contributed by atoms with Gasteiger partial charge in [0.1, 0.15) is 5.69 Å². The van der Waals surface area contributed by atoms with Crippen LogP contribution in [0.2, 0.25) is 5.02 Å². The van der Waals surface area contributed by atoms with Crippen LogP contribution in [0.3, 0.4) is 0 Å². The predicted molar refractivity (Wildman–Crippen MR) is 65.5 cm³/mol. The van der Waals surface area contributed by atoms with Crippen molar-refractivity contribution in [3.05, 3.63) is 34.6 Å². The monoisotopic (exact) mass is 304 g/mol. The highest BCUT2D eigenvalue weighted by molar-refractivity contribution is 6.38. The summed E-state index contributed by atoms with van der Waals surface area (Å²) in [5.74, 6) is -0.688. The lowest BCUT2D eigenvalue weighted by Crippen LogP contribution is -2.09. The Morgan fingerprint density at radius 3 is 2.70 bits per heavy atom. The second-order valence-electron chi connectivity index (χ2n) is 3.77. The number of esters is 1. The fraction of sp³-hybridized carbons (Fsp3) is 0.250. The molecule has 0 amide bonds. The van der Waals surface area contributed by atoms with Crippen molar-refractivity contribution < 1.29 is 22.7 Å². The van der Waals surface area contributed by atoms with Gasteiger partial charge in [-0.2, -0.15) is 13.2 Å².